The van der Waals surface area contributed by atoms with E-state index in [-0.39, 0.29) is 0 Å². The Hall–Kier alpha value is -1.01. The maximum absolute atomic E-state index is 11.0. The molecule has 2 rings (SSSR count). The highest BCUT2D eigenvalue weighted by Crippen LogP contribution is 2.32. The summed E-state index contributed by atoms with van der Waals surface area (Å²) in [7, 11) is 0. The highest BCUT2D eigenvalue weighted by Gasteiger charge is 2.40. The largest absolute Gasteiger partial charge is 0.489 e. The molecule has 5 nitrogen and oxygen atoms in total. The van der Waals surface area contributed by atoms with E-state index in [1.165, 1.54) is 0 Å². The normalized spacial score (nSPS) is 22.9. The first-order valence-corrected chi connectivity index (χ1v) is 6.99. The number of hydrogen-bond acceptors (Lipinski definition) is 4. The van der Waals surface area contributed by atoms with Gasteiger partial charge in [0.15, 0.2) is 5.75 Å². The molecular formula is C13H16Cl2N2O3. The van der Waals surface area contributed by atoms with Gasteiger partial charge in [0.1, 0.15) is 12.1 Å². The summed E-state index contributed by atoms with van der Waals surface area (Å²) in [6.07, 6.45) is 0.440. The molecule has 1 aliphatic rings. The first-order chi connectivity index (χ1) is 9.42. The Morgan fingerprint density at radius 1 is 1.45 bits per heavy atom. The van der Waals surface area contributed by atoms with Crippen LogP contribution in [0.4, 0.5) is 0 Å². The molecule has 1 unspecified atom stereocenters. The quantitative estimate of drug-likeness (QED) is 0.866. The van der Waals surface area contributed by atoms with Crippen LogP contribution in [0.1, 0.15) is 6.42 Å². The third-order valence-electron chi connectivity index (χ3n) is 3.38. The number of hydrogen-bond donors (Lipinski definition) is 2. The summed E-state index contributed by atoms with van der Waals surface area (Å²) in [6.45, 7) is 1.91. The number of carbonyl (C=O) groups is 1. The molecule has 0 amide bonds. The van der Waals surface area contributed by atoms with Crippen LogP contribution >= 0.6 is 23.2 Å². The van der Waals surface area contributed by atoms with E-state index in [1.807, 2.05) is 4.90 Å². The highest BCUT2D eigenvalue weighted by atomic mass is 35.5. The Labute approximate surface area is 127 Å². The summed E-state index contributed by atoms with van der Waals surface area (Å²) < 4.78 is 5.56. The van der Waals surface area contributed by atoms with Gasteiger partial charge < -0.3 is 15.6 Å². The molecule has 1 aliphatic heterocycles. The first kappa shape index (κ1) is 15.4. The lowest BCUT2D eigenvalue weighted by molar-refractivity contribution is -0.142. The van der Waals surface area contributed by atoms with E-state index in [1.54, 1.807) is 18.2 Å². The van der Waals surface area contributed by atoms with Crippen LogP contribution in [0.5, 0.6) is 5.75 Å². The number of aliphatic carboxylic acids is 1. The number of halogens is 2. The van der Waals surface area contributed by atoms with Gasteiger partial charge in [0.05, 0.1) is 10.0 Å². The second-order valence-corrected chi connectivity index (χ2v) is 5.70. The Bertz CT molecular complexity index is 492. The summed E-state index contributed by atoms with van der Waals surface area (Å²) in [5, 5.41) is 9.96. The van der Waals surface area contributed by atoms with Gasteiger partial charge in [0.2, 0.25) is 0 Å². The van der Waals surface area contributed by atoms with E-state index in [4.69, 9.17) is 38.8 Å². The Kier molecular flexibility index (Phi) is 4.75. The number of carboxylic acids is 1. The third kappa shape index (κ3) is 3.35. The molecule has 0 aromatic heterocycles. The van der Waals surface area contributed by atoms with Gasteiger partial charge in [-0.3, -0.25) is 9.69 Å². The minimum absolute atomic E-state index is 0.321. The van der Waals surface area contributed by atoms with Crippen LogP contribution in [0.3, 0.4) is 0 Å². The Balaban J connectivity index is 1.84. The van der Waals surface area contributed by atoms with Crippen LogP contribution in [-0.4, -0.2) is 47.8 Å². The lowest BCUT2D eigenvalue weighted by Gasteiger charge is -2.20. The highest BCUT2D eigenvalue weighted by molar-refractivity contribution is 6.37. The standard InChI is InChI=1S/C13H16Cl2N2O3/c14-9-2-1-3-10(15)11(9)20-7-6-17-5-4-13(16,8-17)12(18)19/h1-3H,4-8,16H2,(H,18,19). The fourth-order valence-electron chi connectivity index (χ4n) is 2.18. The van der Waals surface area contributed by atoms with Crippen molar-refractivity contribution in [1.82, 2.24) is 4.90 Å². The molecule has 1 saturated heterocycles. The van der Waals surface area contributed by atoms with Crippen LogP contribution in [0, 0.1) is 0 Å². The second kappa shape index (κ2) is 6.18. The van der Waals surface area contributed by atoms with Crippen molar-refractivity contribution in [3.8, 4) is 5.75 Å². The molecule has 7 heteroatoms. The SMILES string of the molecule is NC1(C(=O)O)CCN(CCOc2c(Cl)cccc2Cl)C1. The third-order valence-corrected chi connectivity index (χ3v) is 3.97. The van der Waals surface area contributed by atoms with E-state index in [9.17, 15) is 4.79 Å². The number of benzene rings is 1. The van der Waals surface area contributed by atoms with Crippen molar-refractivity contribution in [2.75, 3.05) is 26.2 Å². The molecule has 1 fully saturated rings. The van der Waals surface area contributed by atoms with Crippen molar-refractivity contribution >= 4 is 29.2 Å². The molecule has 0 radical (unpaired) electrons. The molecule has 20 heavy (non-hydrogen) atoms. The van der Waals surface area contributed by atoms with Crippen LogP contribution in [0.25, 0.3) is 0 Å². The number of likely N-dealkylation sites (tertiary alicyclic amines) is 1. The minimum atomic E-state index is -1.15. The molecule has 0 saturated carbocycles. The molecule has 110 valence electrons. The summed E-state index contributed by atoms with van der Waals surface area (Å²) in [5.41, 5.74) is 4.65. The second-order valence-electron chi connectivity index (χ2n) is 4.89. The fourth-order valence-corrected chi connectivity index (χ4v) is 2.68. The van der Waals surface area contributed by atoms with Crippen LogP contribution in [-0.2, 0) is 4.79 Å². The average Bonchev–Trinajstić information content (AvgIpc) is 2.76. The maximum Gasteiger partial charge on any atom is 0.325 e. The first-order valence-electron chi connectivity index (χ1n) is 6.24. The zero-order chi connectivity index (χ0) is 14.8. The lowest BCUT2D eigenvalue weighted by atomic mass is 10.0. The molecule has 0 spiro atoms. The smallest absolute Gasteiger partial charge is 0.325 e. The van der Waals surface area contributed by atoms with E-state index >= 15 is 0 Å². The predicted octanol–water partition coefficient (Wildman–Crippen LogP) is 1.86. The molecule has 0 aliphatic carbocycles. The van der Waals surface area contributed by atoms with Gasteiger partial charge in [-0.2, -0.15) is 0 Å². The van der Waals surface area contributed by atoms with Gasteiger partial charge in [-0.05, 0) is 18.6 Å². The van der Waals surface area contributed by atoms with Gasteiger partial charge in [-0.1, -0.05) is 29.3 Å². The van der Waals surface area contributed by atoms with Crippen molar-refractivity contribution in [1.29, 1.82) is 0 Å². The van der Waals surface area contributed by atoms with Gasteiger partial charge in [-0.15, -0.1) is 0 Å². The fraction of sp³-hybridized carbons (Fsp3) is 0.462. The van der Waals surface area contributed by atoms with E-state index in [2.05, 4.69) is 0 Å². The number of ether oxygens (including phenoxy) is 1. The number of nitrogens with zero attached hydrogens (tertiary/aromatic N) is 1. The van der Waals surface area contributed by atoms with Crippen LogP contribution < -0.4 is 10.5 Å². The summed E-state index contributed by atoms with van der Waals surface area (Å²) >= 11 is 12.0. The van der Waals surface area contributed by atoms with E-state index < -0.39 is 11.5 Å². The summed E-state index contributed by atoms with van der Waals surface area (Å²) in [6, 6.07) is 5.15. The Morgan fingerprint density at radius 2 is 2.10 bits per heavy atom. The molecular weight excluding hydrogens is 303 g/mol. The van der Waals surface area contributed by atoms with Gasteiger partial charge >= 0.3 is 5.97 Å². The van der Waals surface area contributed by atoms with Crippen molar-refractivity contribution in [2.45, 2.75) is 12.0 Å². The zero-order valence-electron chi connectivity index (χ0n) is 10.8. The van der Waals surface area contributed by atoms with Crippen molar-refractivity contribution < 1.29 is 14.6 Å². The van der Waals surface area contributed by atoms with Gasteiger partial charge in [0, 0.05) is 19.6 Å². The molecule has 3 N–H and O–H groups in total. The number of nitrogens with two attached hydrogens (primary N) is 1. The average molecular weight is 319 g/mol. The van der Waals surface area contributed by atoms with E-state index in [0.29, 0.717) is 48.5 Å². The zero-order valence-corrected chi connectivity index (χ0v) is 12.3. The molecule has 1 aromatic carbocycles. The van der Waals surface area contributed by atoms with Crippen LogP contribution in [0.15, 0.2) is 18.2 Å². The molecule has 1 atom stereocenters. The number of para-hydroxylation sites is 1. The van der Waals surface area contributed by atoms with Crippen molar-refractivity contribution in [2.24, 2.45) is 5.73 Å². The van der Waals surface area contributed by atoms with E-state index in [0.717, 1.165) is 0 Å². The maximum atomic E-state index is 11.0. The minimum Gasteiger partial charge on any atom is -0.489 e. The lowest BCUT2D eigenvalue weighted by Crippen LogP contribution is -2.50. The van der Waals surface area contributed by atoms with Crippen molar-refractivity contribution in [3.63, 3.8) is 0 Å². The molecule has 1 aromatic rings. The van der Waals surface area contributed by atoms with Gasteiger partial charge in [0.25, 0.3) is 0 Å². The number of rotatable bonds is 5. The molecule has 1 heterocycles. The van der Waals surface area contributed by atoms with Crippen LogP contribution in [0.2, 0.25) is 10.0 Å². The number of carboxylic acid groups (broad SMARTS) is 1. The summed E-state index contributed by atoms with van der Waals surface area (Å²) in [5.74, 6) is -0.512. The monoisotopic (exact) mass is 318 g/mol. The Morgan fingerprint density at radius 3 is 2.65 bits per heavy atom. The van der Waals surface area contributed by atoms with Crippen molar-refractivity contribution in [3.05, 3.63) is 28.2 Å². The molecule has 0 bridgehead atoms. The predicted molar refractivity (Wildman–Crippen MR) is 77.6 cm³/mol. The topological polar surface area (TPSA) is 75.8 Å². The summed E-state index contributed by atoms with van der Waals surface area (Å²) in [4.78, 5) is 13.0. The van der Waals surface area contributed by atoms with Gasteiger partial charge in [-0.25, -0.2) is 0 Å².